The van der Waals surface area contributed by atoms with Gasteiger partial charge in [0.25, 0.3) is 5.91 Å². The van der Waals surface area contributed by atoms with Gasteiger partial charge in [0.05, 0.1) is 0 Å². The fourth-order valence-electron chi connectivity index (χ4n) is 4.03. The van der Waals surface area contributed by atoms with E-state index in [0.29, 0.717) is 25.1 Å². The predicted molar refractivity (Wildman–Crippen MR) is 112 cm³/mol. The zero-order valence-corrected chi connectivity index (χ0v) is 17.0. The van der Waals surface area contributed by atoms with E-state index < -0.39 is 6.04 Å². The van der Waals surface area contributed by atoms with E-state index in [1.165, 1.54) is 5.56 Å². The van der Waals surface area contributed by atoms with E-state index in [-0.39, 0.29) is 30.2 Å². The maximum atomic E-state index is 12.7. The Labute approximate surface area is 175 Å². The molecule has 3 amide bonds. The van der Waals surface area contributed by atoms with Gasteiger partial charge in [-0.2, -0.15) is 0 Å². The van der Waals surface area contributed by atoms with Crippen LogP contribution in [-0.4, -0.2) is 28.7 Å². The van der Waals surface area contributed by atoms with Crippen LogP contribution in [0.1, 0.15) is 58.4 Å². The fourth-order valence-corrected chi connectivity index (χ4v) is 4.03. The Kier molecular flexibility index (Phi) is 5.65. The topological polar surface area (TPSA) is 105 Å². The van der Waals surface area contributed by atoms with Crippen LogP contribution in [0.3, 0.4) is 0 Å². The molecule has 2 aliphatic heterocycles. The van der Waals surface area contributed by atoms with Crippen molar-refractivity contribution in [3.63, 3.8) is 0 Å². The molecular formula is C23H26N4O3. The van der Waals surface area contributed by atoms with Crippen LogP contribution >= 0.6 is 0 Å². The number of imide groups is 1. The van der Waals surface area contributed by atoms with Crippen LogP contribution in [-0.2, 0) is 29.2 Å². The second kappa shape index (κ2) is 8.38. The van der Waals surface area contributed by atoms with Gasteiger partial charge >= 0.3 is 0 Å². The molecule has 0 spiro atoms. The molecule has 7 heteroatoms. The number of nitrogens with one attached hydrogen (secondary N) is 2. The molecule has 1 unspecified atom stereocenters. The normalized spacial score (nSPS) is 19.6. The summed E-state index contributed by atoms with van der Waals surface area (Å²) in [6.07, 6.45) is 0.636. The third-order valence-corrected chi connectivity index (χ3v) is 5.75. The molecule has 2 atom stereocenters. The number of nitrogens with two attached hydrogens (primary N) is 1. The van der Waals surface area contributed by atoms with Gasteiger partial charge in [0.2, 0.25) is 11.8 Å². The third kappa shape index (κ3) is 4.13. The number of rotatable bonds is 6. The molecule has 1 saturated heterocycles. The summed E-state index contributed by atoms with van der Waals surface area (Å²) >= 11 is 0. The van der Waals surface area contributed by atoms with Crippen molar-refractivity contribution in [2.75, 3.05) is 0 Å². The number of piperidine rings is 1. The van der Waals surface area contributed by atoms with E-state index in [1.807, 2.05) is 37.3 Å². The van der Waals surface area contributed by atoms with Gasteiger partial charge in [0, 0.05) is 37.7 Å². The Morgan fingerprint density at radius 1 is 1.10 bits per heavy atom. The van der Waals surface area contributed by atoms with Crippen LogP contribution in [0.4, 0.5) is 0 Å². The lowest BCUT2D eigenvalue weighted by Crippen LogP contribution is -2.52. The number of amides is 3. The Hall–Kier alpha value is -3.03. The molecule has 0 bridgehead atoms. The zero-order chi connectivity index (χ0) is 21.3. The molecule has 7 nitrogen and oxygen atoms in total. The number of hydrogen-bond acceptors (Lipinski definition) is 5. The van der Waals surface area contributed by atoms with Crippen LogP contribution in [0, 0.1) is 0 Å². The molecule has 2 aliphatic rings. The highest BCUT2D eigenvalue weighted by molar-refractivity contribution is 6.05. The van der Waals surface area contributed by atoms with Crippen molar-refractivity contribution < 1.29 is 14.4 Å². The molecule has 0 radical (unpaired) electrons. The monoisotopic (exact) mass is 406 g/mol. The van der Waals surface area contributed by atoms with Crippen LogP contribution in [0.2, 0.25) is 0 Å². The van der Waals surface area contributed by atoms with E-state index in [9.17, 15) is 14.4 Å². The van der Waals surface area contributed by atoms with Crippen molar-refractivity contribution in [1.82, 2.24) is 15.5 Å². The summed E-state index contributed by atoms with van der Waals surface area (Å²) in [5.74, 6) is -0.807. The largest absolute Gasteiger partial charge is 0.324 e. The second-order valence-corrected chi connectivity index (χ2v) is 8.03. The zero-order valence-electron chi connectivity index (χ0n) is 17.0. The van der Waals surface area contributed by atoms with Crippen LogP contribution in [0.15, 0.2) is 42.5 Å². The summed E-state index contributed by atoms with van der Waals surface area (Å²) in [5.41, 5.74) is 10.8. The number of carbonyl (C=O) groups excluding carboxylic acids is 3. The van der Waals surface area contributed by atoms with Crippen molar-refractivity contribution in [3.8, 4) is 0 Å². The average Bonchev–Trinajstić information content (AvgIpc) is 3.04. The predicted octanol–water partition coefficient (Wildman–Crippen LogP) is 1.76. The van der Waals surface area contributed by atoms with Crippen molar-refractivity contribution in [2.24, 2.45) is 5.73 Å². The molecule has 4 rings (SSSR count). The first kappa shape index (κ1) is 20.3. The second-order valence-electron chi connectivity index (χ2n) is 8.03. The van der Waals surface area contributed by atoms with E-state index >= 15 is 0 Å². The van der Waals surface area contributed by atoms with Crippen molar-refractivity contribution in [1.29, 1.82) is 0 Å². The molecule has 30 heavy (non-hydrogen) atoms. The molecule has 0 aromatic heterocycles. The summed E-state index contributed by atoms with van der Waals surface area (Å²) in [5, 5.41) is 5.75. The van der Waals surface area contributed by atoms with E-state index in [0.717, 1.165) is 23.2 Å². The minimum Gasteiger partial charge on any atom is -0.324 e. The van der Waals surface area contributed by atoms with E-state index in [4.69, 9.17) is 5.73 Å². The summed E-state index contributed by atoms with van der Waals surface area (Å²) < 4.78 is 0. The molecule has 1 fully saturated rings. The molecule has 2 heterocycles. The lowest BCUT2D eigenvalue weighted by atomic mass is 10.0. The summed E-state index contributed by atoms with van der Waals surface area (Å²) in [6, 6.07) is 13.5. The number of fused-ring (bicyclic) bond motifs is 1. The average molecular weight is 406 g/mol. The Morgan fingerprint density at radius 3 is 2.50 bits per heavy atom. The first-order valence-corrected chi connectivity index (χ1v) is 10.2. The molecular weight excluding hydrogens is 380 g/mol. The third-order valence-electron chi connectivity index (χ3n) is 5.75. The Bertz CT molecular complexity index is 984. The van der Waals surface area contributed by atoms with Gasteiger partial charge in [-0.05, 0) is 41.7 Å². The SMILES string of the molecule is C[C@@H](N)c1ccc(CNCc2ccc3c(c2)CN(C2CCC(=O)NC2=O)C3=O)cc1. The standard InChI is InChI=1S/C23H26N4O3/c1-14(24)17-5-2-15(3-6-17)11-25-12-16-4-7-19-18(10-16)13-27(23(19)30)20-8-9-21(28)26-22(20)29/h2-7,10,14,20,25H,8-9,11-13,24H2,1H3,(H,26,28,29)/t14-,20?/m1/s1. The summed E-state index contributed by atoms with van der Waals surface area (Å²) in [6.45, 7) is 3.77. The minimum atomic E-state index is -0.580. The Morgan fingerprint density at radius 2 is 1.80 bits per heavy atom. The highest BCUT2D eigenvalue weighted by Gasteiger charge is 2.38. The summed E-state index contributed by atoms with van der Waals surface area (Å²) in [4.78, 5) is 37.8. The number of hydrogen-bond donors (Lipinski definition) is 3. The molecule has 0 aliphatic carbocycles. The van der Waals surface area contributed by atoms with E-state index in [1.54, 1.807) is 4.90 Å². The first-order valence-electron chi connectivity index (χ1n) is 10.2. The highest BCUT2D eigenvalue weighted by atomic mass is 16.2. The highest BCUT2D eigenvalue weighted by Crippen LogP contribution is 2.28. The van der Waals surface area contributed by atoms with Gasteiger partial charge in [-0.3, -0.25) is 19.7 Å². The lowest BCUT2D eigenvalue weighted by Gasteiger charge is -2.29. The molecule has 2 aromatic carbocycles. The van der Waals surface area contributed by atoms with Gasteiger partial charge in [-0.1, -0.05) is 36.4 Å². The van der Waals surface area contributed by atoms with Gasteiger partial charge < -0.3 is 16.0 Å². The van der Waals surface area contributed by atoms with Crippen LogP contribution in [0.25, 0.3) is 0 Å². The molecule has 0 saturated carbocycles. The maximum absolute atomic E-state index is 12.7. The van der Waals surface area contributed by atoms with Gasteiger partial charge in [0.15, 0.2) is 0 Å². The van der Waals surface area contributed by atoms with Crippen molar-refractivity contribution in [3.05, 3.63) is 70.3 Å². The molecule has 2 aromatic rings. The molecule has 156 valence electrons. The smallest absolute Gasteiger partial charge is 0.255 e. The number of nitrogens with zero attached hydrogens (tertiary/aromatic N) is 1. The fraction of sp³-hybridized carbons (Fsp3) is 0.348. The van der Waals surface area contributed by atoms with Crippen LogP contribution < -0.4 is 16.4 Å². The summed E-state index contributed by atoms with van der Waals surface area (Å²) in [7, 11) is 0. The van der Waals surface area contributed by atoms with Gasteiger partial charge in [-0.15, -0.1) is 0 Å². The van der Waals surface area contributed by atoms with Crippen LogP contribution in [0.5, 0.6) is 0 Å². The van der Waals surface area contributed by atoms with E-state index in [2.05, 4.69) is 22.8 Å². The van der Waals surface area contributed by atoms with Gasteiger partial charge in [0.1, 0.15) is 6.04 Å². The minimum absolute atomic E-state index is 0.0286. The number of benzene rings is 2. The molecule has 4 N–H and O–H groups in total. The first-order chi connectivity index (χ1) is 14.4. The Balaban J connectivity index is 1.37. The number of carbonyl (C=O) groups is 3. The van der Waals surface area contributed by atoms with Crippen molar-refractivity contribution >= 4 is 17.7 Å². The lowest BCUT2D eigenvalue weighted by molar-refractivity contribution is -0.136. The quantitative estimate of drug-likeness (QED) is 0.634. The van der Waals surface area contributed by atoms with Gasteiger partial charge in [-0.25, -0.2) is 0 Å². The maximum Gasteiger partial charge on any atom is 0.255 e. The van der Waals surface area contributed by atoms with Crippen molar-refractivity contribution in [2.45, 2.75) is 51.5 Å².